The third kappa shape index (κ3) is 4.63. The molecule has 1 atom stereocenters. The van der Waals surface area contributed by atoms with E-state index >= 15 is 0 Å². The molecular formula is C26H29FN4O3. The fraction of sp³-hybridized carbons (Fsp3) is 0.269. The Morgan fingerprint density at radius 2 is 2.03 bits per heavy atom. The molecule has 34 heavy (non-hydrogen) atoms. The summed E-state index contributed by atoms with van der Waals surface area (Å²) in [5.74, 6) is 1.07. The molecule has 2 aliphatic rings. The highest BCUT2D eigenvalue weighted by Gasteiger charge is 2.46. The Bertz CT molecular complexity index is 1130. The normalized spacial score (nSPS) is 20.4. The Labute approximate surface area is 199 Å². The molecule has 0 aromatic heterocycles. The molecular weight excluding hydrogens is 435 g/mol. The average Bonchev–Trinajstić information content (AvgIpc) is 2.86. The molecule has 2 aromatic carbocycles. The van der Waals surface area contributed by atoms with Crippen LogP contribution in [0.5, 0.6) is 5.75 Å². The summed E-state index contributed by atoms with van der Waals surface area (Å²) in [7, 11) is 1.62. The van der Waals surface area contributed by atoms with Gasteiger partial charge in [0.15, 0.2) is 5.84 Å². The first kappa shape index (κ1) is 23.4. The number of benzene rings is 2. The molecule has 0 amide bonds. The van der Waals surface area contributed by atoms with Crippen LogP contribution >= 0.6 is 0 Å². The number of nitrogens with zero attached hydrogens (tertiary/aromatic N) is 3. The van der Waals surface area contributed by atoms with Crippen LogP contribution in [-0.4, -0.2) is 44.2 Å². The van der Waals surface area contributed by atoms with Gasteiger partial charge in [0.05, 0.1) is 26.0 Å². The van der Waals surface area contributed by atoms with Gasteiger partial charge in [-0.25, -0.2) is 4.39 Å². The lowest BCUT2D eigenvalue weighted by molar-refractivity contribution is -0.0951. The summed E-state index contributed by atoms with van der Waals surface area (Å²) in [6.45, 7) is 7.63. The van der Waals surface area contributed by atoms with Crippen LogP contribution in [0.2, 0.25) is 0 Å². The van der Waals surface area contributed by atoms with E-state index in [0.717, 1.165) is 16.8 Å². The molecule has 2 N–H and O–H groups in total. The number of rotatable bonds is 7. The molecule has 2 aromatic rings. The van der Waals surface area contributed by atoms with Crippen LogP contribution in [0.1, 0.15) is 18.1 Å². The zero-order valence-corrected chi connectivity index (χ0v) is 19.4. The summed E-state index contributed by atoms with van der Waals surface area (Å²) < 4.78 is 25.0. The minimum atomic E-state index is -0.564. The van der Waals surface area contributed by atoms with Gasteiger partial charge in [0.2, 0.25) is 0 Å². The van der Waals surface area contributed by atoms with Crippen LogP contribution in [0.25, 0.3) is 6.08 Å². The number of morpholine rings is 1. The molecule has 2 aliphatic heterocycles. The van der Waals surface area contributed by atoms with Gasteiger partial charge in [-0.2, -0.15) is 0 Å². The van der Waals surface area contributed by atoms with Gasteiger partial charge in [0.1, 0.15) is 23.7 Å². The number of hydrogen-bond acceptors (Lipinski definition) is 7. The number of nitrogens with two attached hydrogens (primary N) is 1. The quantitative estimate of drug-likeness (QED) is 0.663. The number of amidine groups is 1. The van der Waals surface area contributed by atoms with Gasteiger partial charge in [-0.3, -0.25) is 0 Å². The second-order valence-electron chi connectivity index (χ2n) is 8.19. The summed E-state index contributed by atoms with van der Waals surface area (Å²) in [4.78, 5) is 9.62. The van der Waals surface area contributed by atoms with Crippen molar-refractivity contribution in [2.24, 2.45) is 10.9 Å². The second-order valence-corrected chi connectivity index (χ2v) is 8.19. The van der Waals surface area contributed by atoms with E-state index < -0.39 is 5.54 Å². The van der Waals surface area contributed by atoms with Crippen LogP contribution in [0.3, 0.4) is 0 Å². The first-order valence-electron chi connectivity index (χ1n) is 11.0. The second kappa shape index (κ2) is 10.0. The van der Waals surface area contributed by atoms with Gasteiger partial charge in [-0.1, -0.05) is 36.0 Å². The fourth-order valence-corrected chi connectivity index (χ4v) is 4.22. The maximum atomic E-state index is 13.5. The Kier molecular flexibility index (Phi) is 6.88. The first-order valence-corrected chi connectivity index (χ1v) is 11.0. The van der Waals surface area contributed by atoms with Crippen molar-refractivity contribution in [3.8, 4) is 5.75 Å². The highest BCUT2D eigenvalue weighted by atomic mass is 19.1. The molecule has 1 fully saturated rings. The molecule has 178 valence electrons. The monoisotopic (exact) mass is 464 g/mol. The summed E-state index contributed by atoms with van der Waals surface area (Å²) in [6.07, 6.45) is 7.31. The molecule has 0 bridgehead atoms. The van der Waals surface area contributed by atoms with E-state index in [0.29, 0.717) is 43.6 Å². The molecule has 1 saturated heterocycles. The van der Waals surface area contributed by atoms with E-state index in [1.165, 1.54) is 12.1 Å². The average molecular weight is 465 g/mol. The molecule has 0 saturated carbocycles. The van der Waals surface area contributed by atoms with Crippen LogP contribution in [-0.2, 0) is 15.1 Å². The Morgan fingerprint density at radius 3 is 2.74 bits per heavy atom. The van der Waals surface area contributed by atoms with Crippen molar-refractivity contribution in [2.45, 2.75) is 12.5 Å². The molecule has 2 heterocycles. The molecule has 0 spiro atoms. The first-order chi connectivity index (χ1) is 16.5. The zero-order valence-electron chi connectivity index (χ0n) is 19.4. The number of ether oxygens (including phenoxy) is 2. The minimum Gasteiger partial charge on any atom is -0.495 e. The predicted octanol–water partition coefficient (Wildman–Crippen LogP) is 4.19. The molecule has 1 unspecified atom stereocenters. The van der Waals surface area contributed by atoms with Crippen molar-refractivity contribution >= 4 is 17.6 Å². The van der Waals surface area contributed by atoms with E-state index in [-0.39, 0.29) is 5.82 Å². The van der Waals surface area contributed by atoms with Crippen LogP contribution < -0.4 is 15.4 Å². The van der Waals surface area contributed by atoms with Crippen molar-refractivity contribution in [1.29, 1.82) is 0 Å². The van der Waals surface area contributed by atoms with Gasteiger partial charge in [-0.05, 0) is 48.4 Å². The van der Waals surface area contributed by atoms with Crippen molar-refractivity contribution in [2.75, 3.05) is 38.4 Å². The van der Waals surface area contributed by atoms with Crippen molar-refractivity contribution in [1.82, 2.24) is 4.90 Å². The number of oxime groups is 1. The van der Waals surface area contributed by atoms with Crippen LogP contribution in [0.4, 0.5) is 10.1 Å². The third-order valence-electron chi connectivity index (χ3n) is 5.88. The smallest absolute Gasteiger partial charge is 0.169 e. The number of fused-ring (bicyclic) bond motifs is 1. The number of methoxy groups -OCH3 is 1. The Morgan fingerprint density at radius 1 is 1.24 bits per heavy atom. The van der Waals surface area contributed by atoms with Crippen molar-refractivity contribution < 1.29 is 18.7 Å². The standard InChI is InChI=1S/C26H29FN4O3/c1-4-30(16-19(2)28)23-11-5-20(15-24(23)32-3)6-12-25-29-34-18-26(17-33-14-13-31(25)26)21-7-9-22(27)10-8-21/h4-12,15-16H,1,13-14,17-18,28H2,2-3H3/b12-6+,19-16-. The summed E-state index contributed by atoms with van der Waals surface area (Å²) in [6, 6.07) is 12.3. The third-order valence-corrected chi connectivity index (χ3v) is 5.88. The number of halogens is 1. The van der Waals surface area contributed by atoms with E-state index in [4.69, 9.17) is 20.0 Å². The van der Waals surface area contributed by atoms with E-state index in [2.05, 4.69) is 16.6 Å². The SMILES string of the molecule is C=CN(/C=C(/C)N)c1ccc(/C=C/C2=NOCC3(c4ccc(F)cc4)COCCN23)cc1OC. The zero-order chi connectivity index (χ0) is 24.1. The molecule has 0 aliphatic carbocycles. The highest BCUT2D eigenvalue weighted by Crippen LogP contribution is 2.36. The highest BCUT2D eigenvalue weighted by molar-refractivity contribution is 5.97. The van der Waals surface area contributed by atoms with Gasteiger partial charge < -0.3 is 29.8 Å². The summed E-state index contributed by atoms with van der Waals surface area (Å²) in [5, 5.41) is 4.30. The topological polar surface area (TPSA) is 72.5 Å². The largest absolute Gasteiger partial charge is 0.495 e. The van der Waals surface area contributed by atoms with Gasteiger partial charge in [-0.15, -0.1) is 0 Å². The summed E-state index contributed by atoms with van der Waals surface area (Å²) >= 11 is 0. The van der Waals surface area contributed by atoms with Crippen LogP contribution in [0, 0.1) is 5.82 Å². The van der Waals surface area contributed by atoms with E-state index in [1.54, 1.807) is 31.6 Å². The lowest BCUT2D eigenvalue weighted by Crippen LogP contribution is -2.60. The minimum absolute atomic E-state index is 0.279. The molecule has 7 nitrogen and oxygen atoms in total. The van der Waals surface area contributed by atoms with Crippen LogP contribution in [0.15, 0.2) is 78.4 Å². The van der Waals surface area contributed by atoms with Gasteiger partial charge in [0, 0.05) is 24.6 Å². The van der Waals surface area contributed by atoms with Crippen molar-refractivity contribution in [3.63, 3.8) is 0 Å². The van der Waals surface area contributed by atoms with E-state index in [9.17, 15) is 4.39 Å². The maximum Gasteiger partial charge on any atom is 0.169 e. The fourth-order valence-electron chi connectivity index (χ4n) is 4.22. The molecule has 0 radical (unpaired) electrons. The molecule has 4 rings (SSSR count). The Balaban J connectivity index is 1.62. The van der Waals surface area contributed by atoms with Crippen molar-refractivity contribution in [3.05, 3.63) is 90.2 Å². The number of hydrogen-bond donors (Lipinski definition) is 1. The summed E-state index contributed by atoms with van der Waals surface area (Å²) in [5.41, 5.74) is 8.59. The lowest BCUT2D eigenvalue weighted by Gasteiger charge is -2.49. The number of anilines is 1. The Hall–Kier alpha value is -3.78. The maximum absolute atomic E-state index is 13.5. The lowest BCUT2D eigenvalue weighted by atomic mass is 9.87. The molecule has 8 heteroatoms. The number of allylic oxidation sites excluding steroid dienone is 1. The van der Waals surface area contributed by atoms with Gasteiger partial charge >= 0.3 is 0 Å². The van der Waals surface area contributed by atoms with Gasteiger partial charge in [0.25, 0.3) is 0 Å². The van der Waals surface area contributed by atoms with E-state index in [1.807, 2.05) is 42.2 Å². The predicted molar refractivity (Wildman–Crippen MR) is 132 cm³/mol.